The predicted octanol–water partition coefficient (Wildman–Crippen LogP) is 1.92. The Bertz CT molecular complexity index is 412. The second kappa shape index (κ2) is 4.84. The topological polar surface area (TPSA) is 49.3 Å². The Labute approximate surface area is 99.7 Å². The molecule has 0 aromatic heterocycles. The molecule has 1 unspecified atom stereocenters. The van der Waals surface area contributed by atoms with Crippen molar-refractivity contribution in [3.8, 4) is 0 Å². The van der Waals surface area contributed by atoms with Crippen molar-refractivity contribution in [1.29, 1.82) is 0 Å². The van der Waals surface area contributed by atoms with Crippen LogP contribution in [0.2, 0.25) is 0 Å². The summed E-state index contributed by atoms with van der Waals surface area (Å²) in [6.45, 7) is 1.48. The fourth-order valence-corrected chi connectivity index (χ4v) is 2.48. The van der Waals surface area contributed by atoms with Crippen molar-refractivity contribution in [1.82, 2.24) is 5.32 Å². The highest BCUT2D eigenvalue weighted by Gasteiger charge is 2.40. The molecule has 1 fully saturated rings. The molecule has 0 radical (unpaired) electrons. The smallest absolute Gasteiger partial charge is 0.314 e. The maximum absolute atomic E-state index is 13.2. The minimum Gasteiger partial charge on any atom is -0.481 e. The molecule has 1 aliphatic heterocycles. The number of carboxylic acids is 1. The van der Waals surface area contributed by atoms with Crippen molar-refractivity contribution in [2.24, 2.45) is 0 Å². The molecule has 92 valence electrons. The average molecular weight is 237 g/mol. The van der Waals surface area contributed by atoms with Gasteiger partial charge in [0.15, 0.2) is 0 Å². The molecule has 2 rings (SSSR count). The van der Waals surface area contributed by atoms with Crippen LogP contribution in [0.5, 0.6) is 0 Å². The van der Waals surface area contributed by atoms with E-state index in [0.717, 1.165) is 13.0 Å². The predicted molar refractivity (Wildman–Crippen MR) is 62.4 cm³/mol. The van der Waals surface area contributed by atoms with Crippen LogP contribution < -0.4 is 5.32 Å². The third kappa shape index (κ3) is 2.31. The molecule has 0 amide bonds. The highest BCUT2D eigenvalue weighted by atomic mass is 19.1. The summed E-state index contributed by atoms with van der Waals surface area (Å²) in [5, 5.41) is 12.7. The fraction of sp³-hybridized carbons (Fsp3) is 0.462. The van der Waals surface area contributed by atoms with Gasteiger partial charge in [-0.15, -0.1) is 0 Å². The Morgan fingerprint density at radius 1 is 1.35 bits per heavy atom. The van der Waals surface area contributed by atoms with Crippen LogP contribution in [-0.2, 0) is 10.2 Å². The van der Waals surface area contributed by atoms with Crippen LogP contribution in [0.25, 0.3) is 0 Å². The number of nitrogens with one attached hydrogen (secondary N) is 1. The minimum absolute atomic E-state index is 0.375. The number of hydrogen-bond donors (Lipinski definition) is 2. The van der Waals surface area contributed by atoms with E-state index in [0.29, 0.717) is 24.9 Å². The van der Waals surface area contributed by atoms with Crippen LogP contribution in [0.1, 0.15) is 24.8 Å². The van der Waals surface area contributed by atoms with Gasteiger partial charge in [-0.2, -0.15) is 0 Å². The molecule has 0 bridgehead atoms. The number of halogens is 1. The number of carbonyl (C=O) groups is 1. The van der Waals surface area contributed by atoms with Crippen LogP contribution in [0.4, 0.5) is 4.39 Å². The van der Waals surface area contributed by atoms with Crippen LogP contribution in [0.3, 0.4) is 0 Å². The molecule has 2 N–H and O–H groups in total. The van der Waals surface area contributed by atoms with Gasteiger partial charge in [0, 0.05) is 0 Å². The Hall–Kier alpha value is -1.42. The molecular weight excluding hydrogens is 221 g/mol. The number of aliphatic carboxylic acids is 1. The molecule has 1 aromatic rings. The lowest BCUT2D eigenvalue weighted by Gasteiger charge is -2.28. The minimum atomic E-state index is -0.939. The first-order valence-electron chi connectivity index (χ1n) is 5.85. The van der Waals surface area contributed by atoms with Gasteiger partial charge in [-0.3, -0.25) is 4.79 Å². The Kier molecular flexibility index (Phi) is 3.43. The van der Waals surface area contributed by atoms with Crippen LogP contribution >= 0.6 is 0 Å². The second-order valence-corrected chi connectivity index (χ2v) is 4.50. The summed E-state index contributed by atoms with van der Waals surface area (Å²) in [6, 6.07) is 5.98. The van der Waals surface area contributed by atoms with Gasteiger partial charge in [-0.25, -0.2) is 4.39 Å². The van der Waals surface area contributed by atoms with Crippen molar-refractivity contribution in [3.63, 3.8) is 0 Å². The Morgan fingerprint density at radius 3 is 2.88 bits per heavy atom. The summed E-state index contributed by atoms with van der Waals surface area (Å²) < 4.78 is 13.2. The summed E-state index contributed by atoms with van der Waals surface area (Å²) in [5.74, 6) is -1.23. The van der Waals surface area contributed by atoms with E-state index in [-0.39, 0.29) is 5.82 Å². The zero-order valence-electron chi connectivity index (χ0n) is 9.58. The molecule has 0 aliphatic carbocycles. The first kappa shape index (κ1) is 12.0. The molecule has 1 saturated heterocycles. The van der Waals surface area contributed by atoms with E-state index in [2.05, 4.69) is 5.32 Å². The highest BCUT2D eigenvalue weighted by molar-refractivity contribution is 5.81. The van der Waals surface area contributed by atoms with Gasteiger partial charge in [-0.1, -0.05) is 12.1 Å². The molecule has 0 saturated carbocycles. The zero-order chi connectivity index (χ0) is 12.3. The first-order valence-corrected chi connectivity index (χ1v) is 5.85. The van der Waals surface area contributed by atoms with Crippen molar-refractivity contribution in [2.75, 3.05) is 13.1 Å². The van der Waals surface area contributed by atoms with E-state index in [1.54, 1.807) is 12.1 Å². The van der Waals surface area contributed by atoms with Gasteiger partial charge in [-0.05, 0) is 50.0 Å². The molecule has 0 spiro atoms. The molecule has 1 heterocycles. The third-order valence-corrected chi connectivity index (χ3v) is 3.47. The second-order valence-electron chi connectivity index (χ2n) is 4.50. The lowest BCUT2D eigenvalue weighted by molar-refractivity contribution is -0.144. The lowest BCUT2D eigenvalue weighted by atomic mass is 9.74. The van der Waals surface area contributed by atoms with E-state index in [9.17, 15) is 14.3 Å². The normalized spacial score (nSPS) is 25.2. The van der Waals surface area contributed by atoms with E-state index in [4.69, 9.17) is 0 Å². The number of hydrogen-bond acceptors (Lipinski definition) is 2. The monoisotopic (exact) mass is 237 g/mol. The molecule has 1 aromatic carbocycles. The first-order chi connectivity index (χ1) is 8.15. The van der Waals surface area contributed by atoms with Crippen molar-refractivity contribution >= 4 is 5.97 Å². The molecular formula is C13H16FNO2. The lowest BCUT2D eigenvalue weighted by Crippen LogP contribution is -2.36. The van der Waals surface area contributed by atoms with Gasteiger partial charge < -0.3 is 10.4 Å². The summed E-state index contributed by atoms with van der Waals surface area (Å²) in [7, 11) is 0. The molecule has 4 heteroatoms. The number of carboxylic acid groups (broad SMARTS) is 1. The maximum Gasteiger partial charge on any atom is 0.314 e. The highest BCUT2D eigenvalue weighted by Crippen LogP contribution is 2.34. The third-order valence-electron chi connectivity index (χ3n) is 3.47. The average Bonchev–Trinajstić information content (AvgIpc) is 2.55. The van der Waals surface area contributed by atoms with Gasteiger partial charge in [0.25, 0.3) is 0 Å². The largest absolute Gasteiger partial charge is 0.481 e. The Morgan fingerprint density at radius 2 is 2.18 bits per heavy atom. The van der Waals surface area contributed by atoms with Crippen LogP contribution in [0, 0.1) is 5.82 Å². The van der Waals surface area contributed by atoms with Gasteiger partial charge in [0.2, 0.25) is 0 Å². The standard InChI is InChI=1S/C13H16FNO2/c14-11-4-1-3-10(9-11)13(12(16)17)5-2-7-15-8-6-13/h1,3-4,9,15H,2,5-8H2,(H,16,17). The summed E-state index contributed by atoms with van der Waals surface area (Å²) >= 11 is 0. The van der Waals surface area contributed by atoms with E-state index < -0.39 is 11.4 Å². The van der Waals surface area contributed by atoms with E-state index in [1.165, 1.54) is 12.1 Å². The zero-order valence-corrected chi connectivity index (χ0v) is 9.58. The molecule has 1 aliphatic rings. The van der Waals surface area contributed by atoms with Gasteiger partial charge >= 0.3 is 5.97 Å². The van der Waals surface area contributed by atoms with Crippen molar-refractivity contribution in [2.45, 2.75) is 24.7 Å². The summed E-state index contributed by atoms with van der Waals surface area (Å²) in [4.78, 5) is 11.6. The molecule has 17 heavy (non-hydrogen) atoms. The number of benzene rings is 1. The summed E-state index contributed by atoms with van der Waals surface area (Å²) in [5.41, 5.74) is -0.361. The quantitative estimate of drug-likeness (QED) is 0.826. The number of rotatable bonds is 2. The molecule has 1 atom stereocenters. The van der Waals surface area contributed by atoms with Crippen LogP contribution in [0.15, 0.2) is 24.3 Å². The van der Waals surface area contributed by atoms with Crippen molar-refractivity contribution < 1.29 is 14.3 Å². The van der Waals surface area contributed by atoms with Gasteiger partial charge in [0.1, 0.15) is 5.82 Å². The fourth-order valence-electron chi connectivity index (χ4n) is 2.48. The van der Waals surface area contributed by atoms with E-state index >= 15 is 0 Å². The maximum atomic E-state index is 13.2. The summed E-state index contributed by atoms with van der Waals surface area (Å²) in [6.07, 6.45) is 1.85. The van der Waals surface area contributed by atoms with Crippen LogP contribution in [-0.4, -0.2) is 24.2 Å². The van der Waals surface area contributed by atoms with Gasteiger partial charge in [0.05, 0.1) is 5.41 Å². The SMILES string of the molecule is O=C(O)C1(c2cccc(F)c2)CCCNCC1. The van der Waals surface area contributed by atoms with E-state index in [1.807, 2.05) is 0 Å². The Balaban J connectivity index is 2.42. The molecule has 3 nitrogen and oxygen atoms in total. The van der Waals surface area contributed by atoms with Crippen molar-refractivity contribution in [3.05, 3.63) is 35.6 Å².